The van der Waals surface area contributed by atoms with Gasteiger partial charge in [0.15, 0.2) is 0 Å². The van der Waals surface area contributed by atoms with Gasteiger partial charge in [-0.25, -0.2) is 0 Å². The van der Waals surface area contributed by atoms with E-state index in [1.54, 1.807) is 12.1 Å². The van der Waals surface area contributed by atoms with Crippen LogP contribution in [0.3, 0.4) is 0 Å². The number of hydrogen-bond acceptors (Lipinski definition) is 3. The molecule has 0 bridgehead atoms. The summed E-state index contributed by atoms with van der Waals surface area (Å²) in [6, 6.07) is 14.8. The second-order valence-corrected chi connectivity index (χ2v) is 5.41. The van der Waals surface area contributed by atoms with Crippen molar-refractivity contribution in [2.45, 2.75) is 13.3 Å². The van der Waals surface area contributed by atoms with Crippen LogP contribution in [0.5, 0.6) is 5.75 Å². The highest BCUT2D eigenvalue weighted by molar-refractivity contribution is 6.03. The lowest BCUT2D eigenvalue weighted by molar-refractivity contribution is -0.121. The Morgan fingerprint density at radius 2 is 1.91 bits per heavy atom. The molecule has 1 N–H and O–H groups in total. The number of carbonyl (C=O) groups excluding carboxylic acids is 2. The topological polar surface area (TPSA) is 58.6 Å². The SMILES string of the molecule is Cc1ccccc1NC(=O)CN1C(=O)CCOc2ccccc21. The zero-order valence-electron chi connectivity index (χ0n) is 12.9. The molecule has 23 heavy (non-hydrogen) atoms. The first-order chi connectivity index (χ1) is 11.1. The van der Waals surface area contributed by atoms with Crippen LogP contribution >= 0.6 is 0 Å². The highest BCUT2D eigenvalue weighted by Crippen LogP contribution is 2.30. The van der Waals surface area contributed by atoms with E-state index in [-0.39, 0.29) is 24.8 Å². The van der Waals surface area contributed by atoms with Gasteiger partial charge in [0.2, 0.25) is 11.8 Å². The van der Waals surface area contributed by atoms with E-state index in [2.05, 4.69) is 5.32 Å². The number of benzene rings is 2. The van der Waals surface area contributed by atoms with Gasteiger partial charge in [-0.15, -0.1) is 0 Å². The molecule has 2 amide bonds. The lowest BCUT2D eigenvalue weighted by atomic mass is 10.2. The standard InChI is InChI=1S/C18H18N2O3/c1-13-6-2-3-7-14(13)19-17(21)12-20-15-8-4-5-9-16(15)23-11-10-18(20)22/h2-9H,10-12H2,1H3,(H,19,21). The Labute approximate surface area is 134 Å². The average molecular weight is 310 g/mol. The van der Waals surface area contributed by atoms with Gasteiger partial charge in [-0.1, -0.05) is 30.3 Å². The second kappa shape index (κ2) is 6.52. The van der Waals surface area contributed by atoms with E-state index in [1.807, 2.05) is 43.3 Å². The molecule has 0 spiro atoms. The number of nitrogens with one attached hydrogen (secondary N) is 1. The summed E-state index contributed by atoms with van der Waals surface area (Å²) < 4.78 is 5.57. The molecule has 0 saturated heterocycles. The second-order valence-electron chi connectivity index (χ2n) is 5.41. The van der Waals surface area contributed by atoms with Gasteiger partial charge in [-0.05, 0) is 30.7 Å². The molecule has 0 atom stereocenters. The van der Waals surface area contributed by atoms with E-state index in [0.29, 0.717) is 18.0 Å². The average Bonchev–Trinajstić information content (AvgIpc) is 2.70. The molecule has 3 rings (SSSR count). The zero-order chi connectivity index (χ0) is 16.2. The molecule has 0 fully saturated rings. The summed E-state index contributed by atoms with van der Waals surface area (Å²) in [4.78, 5) is 26.1. The van der Waals surface area contributed by atoms with Crippen molar-refractivity contribution in [1.29, 1.82) is 0 Å². The van der Waals surface area contributed by atoms with Crippen molar-refractivity contribution in [3.8, 4) is 5.75 Å². The molecule has 0 saturated carbocycles. The fourth-order valence-electron chi connectivity index (χ4n) is 2.54. The summed E-state index contributed by atoms with van der Waals surface area (Å²) >= 11 is 0. The number of fused-ring (bicyclic) bond motifs is 1. The molecule has 0 radical (unpaired) electrons. The highest BCUT2D eigenvalue weighted by atomic mass is 16.5. The monoisotopic (exact) mass is 310 g/mol. The zero-order valence-corrected chi connectivity index (χ0v) is 12.9. The first kappa shape index (κ1) is 15.1. The van der Waals surface area contributed by atoms with Crippen LogP contribution in [-0.2, 0) is 9.59 Å². The Bertz CT molecular complexity index is 743. The van der Waals surface area contributed by atoms with Crippen LogP contribution in [-0.4, -0.2) is 25.0 Å². The van der Waals surface area contributed by atoms with Crippen molar-refractivity contribution < 1.29 is 14.3 Å². The van der Waals surface area contributed by atoms with E-state index >= 15 is 0 Å². The highest BCUT2D eigenvalue weighted by Gasteiger charge is 2.25. The third-order valence-electron chi connectivity index (χ3n) is 3.75. The van der Waals surface area contributed by atoms with Crippen molar-refractivity contribution >= 4 is 23.2 Å². The Kier molecular flexibility index (Phi) is 4.28. The molecule has 2 aromatic rings. The summed E-state index contributed by atoms with van der Waals surface area (Å²) in [6.07, 6.45) is 0.256. The molecule has 118 valence electrons. The normalized spacial score (nSPS) is 13.8. The van der Waals surface area contributed by atoms with Gasteiger partial charge in [-0.3, -0.25) is 14.5 Å². The maximum Gasteiger partial charge on any atom is 0.244 e. The number of hydrogen-bond donors (Lipinski definition) is 1. The minimum Gasteiger partial charge on any atom is -0.491 e. The number of rotatable bonds is 3. The predicted molar refractivity (Wildman–Crippen MR) is 88.7 cm³/mol. The molecule has 0 aromatic heterocycles. The number of para-hydroxylation sites is 3. The molecule has 1 aliphatic rings. The molecular formula is C18H18N2O3. The van der Waals surface area contributed by atoms with Crippen LogP contribution in [0.1, 0.15) is 12.0 Å². The maximum atomic E-state index is 12.4. The fraction of sp³-hybridized carbons (Fsp3) is 0.222. The van der Waals surface area contributed by atoms with Gasteiger partial charge in [0.05, 0.1) is 18.7 Å². The van der Waals surface area contributed by atoms with Gasteiger partial charge < -0.3 is 10.1 Å². The summed E-state index contributed by atoms with van der Waals surface area (Å²) in [5.74, 6) is 0.279. The van der Waals surface area contributed by atoms with E-state index in [4.69, 9.17) is 4.74 Å². The van der Waals surface area contributed by atoms with Crippen LogP contribution in [0.4, 0.5) is 11.4 Å². The van der Waals surface area contributed by atoms with Crippen molar-refractivity contribution in [3.63, 3.8) is 0 Å². The summed E-state index contributed by atoms with van der Waals surface area (Å²) in [7, 11) is 0. The lowest BCUT2D eigenvalue weighted by Crippen LogP contribution is -2.37. The Balaban J connectivity index is 1.79. The Hall–Kier alpha value is -2.82. The fourth-order valence-corrected chi connectivity index (χ4v) is 2.54. The van der Waals surface area contributed by atoms with Crippen molar-refractivity contribution in [2.24, 2.45) is 0 Å². The first-order valence-electron chi connectivity index (χ1n) is 7.53. The molecule has 0 unspecified atom stereocenters. The predicted octanol–water partition coefficient (Wildman–Crippen LogP) is 2.75. The summed E-state index contributed by atoms with van der Waals surface area (Å²) in [6.45, 7) is 2.22. The van der Waals surface area contributed by atoms with E-state index in [0.717, 1.165) is 11.3 Å². The quantitative estimate of drug-likeness (QED) is 0.948. The number of carbonyl (C=O) groups is 2. The third-order valence-corrected chi connectivity index (χ3v) is 3.75. The van der Waals surface area contributed by atoms with E-state index < -0.39 is 0 Å². The van der Waals surface area contributed by atoms with Gasteiger partial charge in [-0.2, -0.15) is 0 Å². The Morgan fingerprint density at radius 3 is 2.74 bits per heavy atom. The molecule has 1 heterocycles. The molecule has 1 aliphatic heterocycles. The number of ether oxygens (including phenoxy) is 1. The molecule has 2 aromatic carbocycles. The number of aryl methyl sites for hydroxylation is 1. The lowest BCUT2D eigenvalue weighted by Gasteiger charge is -2.21. The van der Waals surface area contributed by atoms with Crippen molar-refractivity contribution in [3.05, 3.63) is 54.1 Å². The van der Waals surface area contributed by atoms with Gasteiger partial charge >= 0.3 is 0 Å². The van der Waals surface area contributed by atoms with Crippen LogP contribution in [0.2, 0.25) is 0 Å². The van der Waals surface area contributed by atoms with Crippen LogP contribution in [0.15, 0.2) is 48.5 Å². The number of nitrogens with zero attached hydrogens (tertiary/aromatic N) is 1. The minimum absolute atomic E-state index is 0.0342. The third kappa shape index (κ3) is 3.34. The Morgan fingerprint density at radius 1 is 1.17 bits per heavy atom. The number of amides is 2. The van der Waals surface area contributed by atoms with Crippen molar-refractivity contribution in [1.82, 2.24) is 0 Å². The smallest absolute Gasteiger partial charge is 0.244 e. The maximum absolute atomic E-state index is 12.4. The summed E-state index contributed by atoms with van der Waals surface area (Å²) in [5, 5.41) is 2.86. The first-order valence-corrected chi connectivity index (χ1v) is 7.53. The minimum atomic E-state index is -0.232. The van der Waals surface area contributed by atoms with Gasteiger partial charge in [0, 0.05) is 5.69 Å². The van der Waals surface area contributed by atoms with Gasteiger partial charge in [0.25, 0.3) is 0 Å². The molecule has 0 aliphatic carbocycles. The number of anilines is 2. The van der Waals surface area contributed by atoms with Gasteiger partial charge in [0.1, 0.15) is 12.3 Å². The van der Waals surface area contributed by atoms with E-state index in [9.17, 15) is 9.59 Å². The summed E-state index contributed by atoms with van der Waals surface area (Å²) in [5.41, 5.74) is 2.37. The molecule has 5 heteroatoms. The van der Waals surface area contributed by atoms with Crippen LogP contribution < -0.4 is 15.0 Å². The van der Waals surface area contributed by atoms with Crippen LogP contribution in [0, 0.1) is 6.92 Å². The van der Waals surface area contributed by atoms with Crippen molar-refractivity contribution in [2.75, 3.05) is 23.4 Å². The van der Waals surface area contributed by atoms with E-state index in [1.165, 1.54) is 4.90 Å². The van der Waals surface area contributed by atoms with Crippen LogP contribution in [0.25, 0.3) is 0 Å². The molecule has 5 nitrogen and oxygen atoms in total. The largest absolute Gasteiger partial charge is 0.491 e. The molecular weight excluding hydrogens is 292 g/mol.